The number of carbonyl (C=O) groups excluding carboxylic acids is 1. The standard InChI is InChI=1S/C14H17N3O2S/c1-9(2)7-13-16-17-14(20-13)15-12(19)8-10-3-5-11(18)6-4-10/h3-6,9,18H,7-8H2,1-2H3,(H,15,17,19). The van der Waals surface area contributed by atoms with Gasteiger partial charge in [-0.25, -0.2) is 0 Å². The summed E-state index contributed by atoms with van der Waals surface area (Å²) in [4.78, 5) is 11.9. The number of carbonyl (C=O) groups is 1. The van der Waals surface area contributed by atoms with Gasteiger partial charge in [-0.05, 0) is 23.6 Å². The van der Waals surface area contributed by atoms with E-state index in [1.807, 2.05) is 0 Å². The van der Waals surface area contributed by atoms with Crippen LogP contribution in [-0.4, -0.2) is 21.2 Å². The Bertz CT molecular complexity index is 578. The average molecular weight is 291 g/mol. The van der Waals surface area contributed by atoms with E-state index < -0.39 is 0 Å². The van der Waals surface area contributed by atoms with Crippen molar-refractivity contribution in [2.24, 2.45) is 5.92 Å². The van der Waals surface area contributed by atoms with Crippen molar-refractivity contribution in [3.63, 3.8) is 0 Å². The number of rotatable bonds is 5. The average Bonchev–Trinajstić information content (AvgIpc) is 2.78. The van der Waals surface area contributed by atoms with Crippen molar-refractivity contribution >= 4 is 22.4 Å². The molecule has 2 N–H and O–H groups in total. The molecule has 0 aliphatic carbocycles. The Balaban J connectivity index is 1.91. The number of benzene rings is 1. The molecule has 0 aliphatic rings. The van der Waals surface area contributed by atoms with Crippen LogP contribution in [0.3, 0.4) is 0 Å². The van der Waals surface area contributed by atoms with E-state index in [-0.39, 0.29) is 18.1 Å². The molecule has 0 bridgehead atoms. The molecule has 0 saturated heterocycles. The molecular formula is C14H17N3O2S. The maximum atomic E-state index is 11.9. The van der Waals surface area contributed by atoms with Crippen molar-refractivity contribution in [1.29, 1.82) is 0 Å². The minimum Gasteiger partial charge on any atom is -0.508 e. The van der Waals surface area contributed by atoms with Crippen LogP contribution in [0.2, 0.25) is 0 Å². The number of hydrogen-bond donors (Lipinski definition) is 2. The normalized spacial score (nSPS) is 10.8. The first-order chi connectivity index (χ1) is 9.52. The number of nitrogens with one attached hydrogen (secondary N) is 1. The molecule has 0 saturated carbocycles. The third-order valence-electron chi connectivity index (χ3n) is 2.60. The Morgan fingerprint density at radius 2 is 2.00 bits per heavy atom. The SMILES string of the molecule is CC(C)Cc1nnc(NC(=O)Cc2ccc(O)cc2)s1. The summed E-state index contributed by atoms with van der Waals surface area (Å²) in [5.74, 6) is 0.572. The fourth-order valence-electron chi connectivity index (χ4n) is 1.70. The van der Waals surface area contributed by atoms with Gasteiger partial charge in [-0.3, -0.25) is 4.79 Å². The van der Waals surface area contributed by atoms with Crippen LogP contribution in [0.4, 0.5) is 5.13 Å². The predicted octanol–water partition coefficient (Wildman–Crippen LogP) is 2.62. The molecule has 0 fully saturated rings. The third-order valence-corrected chi connectivity index (χ3v) is 3.46. The Morgan fingerprint density at radius 3 is 2.65 bits per heavy atom. The molecule has 0 spiro atoms. The number of aromatic hydroxyl groups is 1. The van der Waals surface area contributed by atoms with E-state index in [9.17, 15) is 9.90 Å². The van der Waals surface area contributed by atoms with Crippen LogP contribution in [0, 0.1) is 5.92 Å². The molecule has 0 aliphatic heterocycles. The Morgan fingerprint density at radius 1 is 1.30 bits per heavy atom. The number of hydrogen-bond acceptors (Lipinski definition) is 5. The molecule has 0 radical (unpaired) electrons. The maximum absolute atomic E-state index is 11.9. The summed E-state index contributed by atoms with van der Waals surface area (Å²) in [5, 5.41) is 21.4. The first kappa shape index (κ1) is 14.5. The fraction of sp³-hybridized carbons (Fsp3) is 0.357. The van der Waals surface area contributed by atoms with E-state index in [2.05, 4.69) is 29.4 Å². The van der Waals surface area contributed by atoms with Crippen LogP contribution < -0.4 is 5.32 Å². The summed E-state index contributed by atoms with van der Waals surface area (Å²) in [5.41, 5.74) is 0.840. The summed E-state index contributed by atoms with van der Waals surface area (Å²) in [6, 6.07) is 6.57. The van der Waals surface area contributed by atoms with Crippen molar-refractivity contribution in [2.75, 3.05) is 5.32 Å². The van der Waals surface area contributed by atoms with Gasteiger partial charge in [-0.2, -0.15) is 0 Å². The van der Waals surface area contributed by atoms with E-state index in [0.29, 0.717) is 11.0 Å². The highest BCUT2D eigenvalue weighted by Gasteiger charge is 2.10. The molecule has 0 unspecified atom stereocenters. The zero-order chi connectivity index (χ0) is 14.5. The molecule has 2 aromatic rings. The second-order valence-corrected chi connectivity index (χ2v) is 6.05. The van der Waals surface area contributed by atoms with Crippen LogP contribution >= 0.6 is 11.3 Å². The molecule has 106 valence electrons. The van der Waals surface area contributed by atoms with Gasteiger partial charge in [0.05, 0.1) is 6.42 Å². The molecule has 5 nitrogen and oxygen atoms in total. The lowest BCUT2D eigenvalue weighted by Gasteiger charge is -2.01. The molecule has 20 heavy (non-hydrogen) atoms. The van der Waals surface area contributed by atoms with Gasteiger partial charge in [0.15, 0.2) is 0 Å². The molecule has 0 atom stereocenters. The predicted molar refractivity (Wildman–Crippen MR) is 78.9 cm³/mol. The fourth-order valence-corrected chi connectivity index (χ4v) is 2.67. The van der Waals surface area contributed by atoms with Crippen LogP contribution in [0.25, 0.3) is 0 Å². The first-order valence-corrected chi connectivity index (χ1v) is 7.24. The highest BCUT2D eigenvalue weighted by Crippen LogP contribution is 2.18. The van der Waals surface area contributed by atoms with E-state index in [4.69, 9.17) is 0 Å². The third kappa shape index (κ3) is 4.31. The highest BCUT2D eigenvalue weighted by molar-refractivity contribution is 7.15. The molecular weight excluding hydrogens is 274 g/mol. The van der Waals surface area contributed by atoms with E-state index in [1.165, 1.54) is 11.3 Å². The number of amides is 1. The Hall–Kier alpha value is -1.95. The van der Waals surface area contributed by atoms with Gasteiger partial charge >= 0.3 is 0 Å². The molecule has 1 heterocycles. The van der Waals surface area contributed by atoms with Crippen LogP contribution in [0.1, 0.15) is 24.4 Å². The zero-order valence-electron chi connectivity index (χ0n) is 11.5. The summed E-state index contributed by atoms with van der Waals surface area (Å²) in [6.07, 6.45) is 1.12. The number of phenolic OH excluding ortho intramolecular Hbond substituents is 1. The monoisotopic (exact) mass is 291 g/mol. The molecule has 1 aromatic heterocycles. The van der Waals surface area contributed by atoms with Gasteiger partial charge < -0.3 is 10.4 Å². The molecule has 2 rings (SSSR count). The summed E-state index contributed by atoms with van der Waals surface area (Å²) < 4.78 is 0. The van der Waals surface area contributed by atoms with Crippen LogP contribution in [-0.2, 0) is 17.6 Å². The maximum Gasteiger partial charge on any atom is 0.230 e. The second-order valence-electron chi connectivity index (χ2n) is 4.99. The number of aromatic nitrogens is 2. The topological polar surface area (TPSA) is 75.1 Å². The van der Waals surface area contributed by atoms with E-state index >= 15 is 0 Å². The van der Waals surface area contributed by atoms with Crippen molar-refractivity contribution in [1.82, 2.24) is 10.2 Å². The van der Waals surface area contributed by atoms with Gasteiger partial charge in [0.25, 0.3) is 0 Å². The summed E-state index contributed by atoms with van der Waals surface area (Å²) >= 11 is 1.41. The van der Waals surface area contributed by atoms with Crippen molar-refractivity contribution in [3.05, 3.63) is 34.8 Å². The minimum absolute atomic E-state index is 0.136. The van der Waals surface area contributed by atoms with Gasteiger partial charge in [-0.1, -0.05) is 37.3 Å². The first-order valence-electron chi connectivity index (χ1n) is 6.43. The quantitative estimate of drug-likeness (QED) is 0.888. The number of phenols is 1. The lowest BCUT2D eigenvalue weighted by Crippen LogP contribution is -2.14. The highest BCUT2D eigenvalue weighted by atomic mass is 32.1. The minimum atomic E-state index is -0.136. The number of nitrogens with zero attached hydrogens (tertiary/aromatic N) is 2. The van der Waals surface area contributed by atoms with Gasteiger partial charge in [0.2, 0.25) is 11.0 Å². The number of anilines is 1. The van der Waals surface area contributed by atoms with E-state index in [1.54, 1.807) is 24.3 Å². The van der Waals surface area contributed by atoms with Crippen LogP contribution in [0.5, 0.6) is 5.75 Å². The van der Waals surface area contributed by atoms with Crippen LogP contribution in [0.15, 0.2) is 24.3 Å². The lowest BCUT2D eigenvalue weighted by atomic mass is 10.1. The lowest BCUT2D eigenvalue weighted by molar-refractivity contribution is -0.115. The Labute approximate surface area is 121 Å². The molecule has 6 heteroatoms. The molecule has 1 aromatic carbocycles. The molecule has 1 amide bonds. The zero-order valence-corrected chi connectivity index (χ0v) is 12.3. The summed E-state index contributed by atoms with van der Waals surface area (Å²) in [7, 11) is 0. The Kier molecular flexibility index (Phi) is 4.68. The van der Waals surface area contributed by atoms with Crippen molar-refractivity contribution in [2.45, 2.75) is 26.7 Å². The second kappa shape index (κ2) is 6.47. The van der Waals surface area contributed by atoms with Gasteiger partial charge in [-0.15, -0.1) is 10.2 Å². The largest absolute Gasteiger partial charge is 0.508 e. The van der Waals surface area contributed by atoms with Crippen molar-refractivity contribution < 1.29 is 9.90 Å². The van der Waals surface area contributed by atoms with E-state index in [0.717, 1.165) is 17.0 Å². The van der Waals surface area contributed by atoms with Gasteiger partial charge in [0, 0.05) is 6.42 Å². The van der Waals surface area contributed by atoms with Crippen molar-refractivity contribution in [3.8, 4) is 5.75 Å². The smallest absolute Gasteiger partial charge is 0.230 e. The summed E-state index contributed by atoms with van der Waals surface area (Å²) in [6.45, 7) is 4.23. The van der Waals surface area contributed by atoms with Gasteiger partial charge in [0.1, 0.15) is 10.8 Å².